The molecule has 7 heteroatoms. The third-order valence-corrected chi connectivity index (χ3v) is 4.82. The maximum absolute atomic E-state index is 12.4. The number of aliphatic hydroxyl groups excluding tert-OH is 2. The normalized spacial score (nSPS) is 11.8. The van der Waals surface area contributed by atoms with E-state index < -0.39 is 11.4 Å². The molecule has 2 aromatic heterocycles. The summed E-state index contributed by atoms with van der Waals surface area (Å²) in [5.41, 5.74) is 6.37. The first-order valence-corrected chi connectivity index (χ1v) is 7.47. The highest BCUT2D eigenvalue weighted by atomic mass is 32.1. The summed E-state index contributed by atoms with van der Waals surface area (Å²) in [5, 5.41) is 22.3. The predicted molar refractivity (Wildman–Crippen MR) is 83.4 cm³/mol. The van der Waals surface area contributed by atoms with E-state index in [1.54, 1.807) is 13.1 Å². The number of nitrogens with zero attached hydrogens (tertiary/aromatic N) is 1. The van der Waals surface area contributed by atoms with Gasteiger partial charge in [-0.2, -0.15) is 0 Å². The molecule has 5 N–H and O–H groups in total. The second-order valence-corrected chi connectivity index (χ2v) is 6.06. The fourth-order valence-electron chi connectivity index (χ4n) is 2.11. The van der Waals surface area contributed by atoms with E-state index in [1.807, 2.05) is 13.0 Å². The number of amides is 1. The Morgan fingerprint density at radius 2 is 2.14 bits per heavy atom. The van der Waals surface area contributed by atoms with Crippen LogP contribution < -0.4 is 11.1 Å². The Morgan fingerprint density at radius 3 is 2.67 bits per heavy atom. The summed E-state index contributed by atoms with van der Waals surface area (Å²) >= 11 is 1.21. The topological polar surface area (TPSA) is 108 Å². The summed E-state index contributed by atoms with van der Waals surface area (Å²) in [4.78, 5) is 17.7. The molecule has 0 saturated heterocycles. The maximum atomic E-state index is 12.4. The van der Waals surface area contributed by atoms with Crippen molar-refractivity contribution in [3.05, 3.63) is 22.7 Å². The van der Waals surface area contributed by atoms with Crippen molar-refractivity contribution in [3.8, 4) is 0 Å². The van der Waals surface area contributed by atoms with Crippen LogP contribution in [0.4, 0.5) is 5.69 Å². The summed E-state index contributed by atoms with van der Waals surface area (Å²) in [6, 6.07) is 1.84. The van der Waals surface area contributed by atoms with Crippen LogP contribution >= 0.6 is 11.3 Å². The summed E-state index contributed by atoms with van der Waals surface area (Å²) < 4.78 is 0. The van der Waals surface area contributed by atoms with Gasteiger partial charge in [0.15, 0.2) is 0 Å². The van der Waals surface area contributed by atoms with Crippen LogP contribution in [0, 0.1) is 6.92 Å². The molecule has 114 valence electrons. The molecule has 6 nitrogen and oxygen atoms in total. The Morgan fingerprint density at radius 1 is 1.48 bits per heavy atom. The Labute approximate surface area is 126 Å². The van der Waals surface area contributed by atoms with Crippen LogP contribution in [-0.2, 0) is 0 Å². The second-order valence-electron chi connectivity index (χ2n) is 5.06. The van der Waals surface area contributed by atoms with Gasteiger partial charge >= 0.3 is 0 Å². The van der Waals surface area contributed by atoms with Crippen LogP contribution in [0.15, 0.2) is 12.3 Å². The zero-order chi connectivity index (χ0) is 15.6. The van der Waals surface area contributed by atoms with Gasteiger partial charge in [0, 0.05) is 11.6 Å². The SMILES string of the molecule is CCC(CO)(CO)NC(=O)c1sc2nccc(C)c2c1N. The quantitative estimate of drug-likeness (QED) is 0.660. The van der Waals surface area contributed by atoms with Crippen molar-refractivity contribution >= 4 is 33.1 Å². The van der Waals surface area contributed by atoms with Crippen LogP contribution in [0.1, 0.15) is 28.6 Å². The number of nitrogens with one attached hydrogen (secondary N) is 1. The van der Waals surface area contributed by atoms with Gasteiger partial charge in [-0.05, 0) is 25.0 Å². The van der Waals surface area contributed by atoms with Crippen LogP contribution in [-0.4, -0.2) is 39.9 Å². The average molecular weight is 309 g/mol. The van der Waals surface area contributed by atoms with Gasteiger partial charge in [0.05, 0.1) is 24.4 Å². The lowest BCUT2D eigenvalue weighted by atomic mass is 9.98. The Kier molecular flexibility index (Phi) is 4.46. The molecule has 0 aliphatic rings. The van der Waals surface area contributed by atoms with E-state index in [2.05, 4.69) is 10.3 Å². The van der Waals surface area contributed by atoms with E-state index in [-0.39, 0.29) is 13.2 Å². The van der Waals surface area contributed by atoms with E-state index in [9.17, 15) is 15.0 Å². The highest BCUT2D eigenvalue weighted by Gasteiger charge is 2.30. The van der Waals surface area contributed by atoms with E-state index in [1.165, 1.54) is 11.3 Å². The molecule has 0 radical (unpaired) electrons. The first kappa shape index (κ1) is 15.7. The Bertz CT molecular complexity index is 657. The minimum absolute atomic E-state index is 0.339. The molecule has 2 rings (SSSR count). The molecule has 0 spiro atoms. The van der Waals surface area contributed by atoms with E-state index in [0.29, 0.717) is 21.8 Å². The second kappa shape index (κ2) is 5.97. The number of thiophene rings is 1. The fraction of sp³-hybridized carbons (Fsp3) is 0.429. The van der Waals surface area contributed by atoms with Gasteiger partial charge in [-0.25, -0.2) is 4.98 Å². The molecular formula is C14H19N3O3S. The predicted octanol–water partition coefficient (Wildman–Crippen LogP) is 1.05. The van der Waals surface area contributed by atoms with Gasteiger partial charge in [-0.15, -0.1) is 11.3 Å². The smallest absolute Gasteiger partial charge is 0.264 e. The monoisotopic (exact) mass is 309 g/mol. The van der Waals surface area contributed by atoms with Crippen molar-refractivity contribution < 1.29 is 15.0 Å². The van der Waals surface area contributed by atoms with Gasteiger partial charge in [0.1, 0.15) is 9.71 Å². The lowest BCUT2D eigenvalue weighted by molar-refractivity contribution is 0.0657. The van der Waals surface area contributed by atoms with Crippen LogP contribution in [0.25, 0.3) is 10.2 Å². The Hall–Kier alpha value is -1.70. The number of nitrogens with two attached hydrogens (primary N) is 1. The van der Waals surface area contributed by atoms with Crippen molar-refractivity contribution in [1.29, 1.82) is 0 Å². The largest absolute Gasteiger partial charge is 0.397 e. The minimum atomic E-state index is -1.04. The summed E-state index contributed by atoms with van der Waals surface area (Å²) in [6.07, 6.45) is 2.08. The number of aromatic nitrogens is 1. The number of hydrogen-bond donors (Lipinski definition) is 4. The van der Waals surface area contributed by atoms with Crippen LogP contribution in [0.2, 0.25) is 0 Å². The van der Waals surface area contributed by atoms with Crippen molar-refractivity contribution in [1.82, 2.24) is 10.3 Å². The van der Waals surface area contributed by atoms with Gasteiger partial charge in [0.2, 0.25) is 0 Å². The third kappa shape index (κ3) is 2.72. The van der Waals surface area contributed by atoms with Crippen LogP contribution in [0.3, 0.4) is 0 Å². The van der Waals surface area contributed by atoms with Crippen LogP contribution in [0.5, 0.6) is 0 Å². The summed E-state index contributed by atoms with van der Waals surface area (Å²) in [7, 11) is 0. The van der Waals surface area contributed by atoms with Crippen molar-refractivity contribution in [2.24, 2.45) is 0 Å². The number of aliphatic hydroxyl groups is 2. The molecule has 0 atom stereocenters. The van der Waals surface area contributed by atoms with Crippen molar-refractivity contribution in [3.63, 3.8) is 0 Å². The molecule has 2 heterocycles. The van der Waals surface area contributed by atoms with E-state index in [4.69, 9.17) is 5.73 Å². The number of nitrogen functional groups attached to an aromatic ring is 1. The molecule has 21 heavy (non-hydrogen) atoms. The highest BCUT2D eigenvalue weighted by molar-refractivity contribution is 7.21. The molecule has 0 saturated carbocycles. The molecular weight excluding hydrogens is 290 g/mol. The van der Waals surface area contributed by atoms with E-state index in [0.717, 1.165) is 10.9 Å². The number of fused-ring (bicyclic) bond motifs is 1. The molecule has 0 aliphatic carbocycles. The van der Waals surface area contributed by atoms with Gasteiger partial charge in [0.25, 0.3) is 5.91 Å². The van der Waals surface area contributed by atoms with Gasteiger partial charge < -0.3 is 21.3 Å². The number of rotatable bonds is 5. The zero-order valence-corrected chi connectivity index (χ0v) is 12.8. The molecule has 0 bridgehead atoms. The number of hydrogen-bond acceptors (Lipinski definition) is 6. The zero-order valence-electron chi connectivity index (χ0n) is 12.0. The number of anilines is 1. The molecule has 0 aliphatic heterocycles. The molecule has 0 fully saturated rings. The molecule has 0 unspecified atom stereocenters. The fourth-order valence-corrected chi connectivity index (χ4v) is 3.15. The first-order valence-electron chi connectivity index (χ1n) is 6.66. The van der Waals surface area contributed by atoms with Crippen molar-refractivity contribution in [2.45, 2.75) is 25.8 Å². The lowest BCUT2D eigenvalue weighted by Gasteiger charge is -2.29. The first-order chi connectivity index (χ1) is 9.98. The lowest BCUT2D eigenvalue weighted by Crippen LogP contribution is -2.53. The maximum Gasteiger partial charge on any atom is 0.264 e. The van der Waals surface area contributed by atoms with Gasteiger partial charge in [-0.3, -0.25) is 4.79 Å². The Balaban J connectivity index is 2.41. The highest BCUT2D eigenvalue weighted by Crippen LogP contribution is 2.34. The molecule has 0 aromatic carbocycles. The molecule has 1 amide bonds. The third-order valence-electron chi connectivity index (χ3n) is 3.70. The molecule has 2 aromatic rings. The number of pyridine rings is 1. The summed E-state index contributed by atoms with van der Waals surface area (Å²) in [6.45, 7) is 3.01. The number of carbonyl (C=O) groups excluding carboxylic acids is 1. The average Bonchev–Trinajstić information content (AvgIpc) is 2.83. The summed E-state index contributed by atoms with van der Waals surface area (Å²) in [5.74, 6) is -0.403. The van der Waals surface area contributed by atoms with Gasteiger partial charge in [-0.1, -0.05) is 6.92 Å². The number of aryl methyl sites for hydroxylation is 1. The van der Waals surface area contributed by atoms with Crippen molar-refractivity contribution in [2.75, 3.05) is 18.9 Å². The number of carbonyl (C=O) groups is 1. The van der Waals surface area contributed by atoms with E-state index >= 15 is 0 Å². The standard InChI is InChI=1S/C14H19N3O3S/c1-3-14(6-18,7-19)17-12(20)11-10(15)9-8(2)4-5-16-13(9)21-11/h4-5,18-19H,3,6-7,15H2,1-2H3,(H,17,20). The minimum Gasteiger partial charge on any atom is -0.397 e.